The number of nitrogens with zero attached hydrogens (tertiary/aromatic N) is 1. The number of benzene rings is 2. The van der Waals surface area contributed by atoms with Crippen LogP contribution in [-0.4, -0.2) is 42.0 Å². The summed E-state index contributed by atoms with van der Waals surface area (Å²) >= 11 is 0. The van der Waals surface area contributed by atoms with Gasteiger partial charge in [-0.2, -0.15) is 13.2 Å². The van der Waals surface area contributed by atoms with Crippen molar-refractivity contribution in [3.05, 3.63) is 64.7 Å². The predicted molar refractivity (Wildman–Crippen MR) is 131 cm³/mol. The van der Waals surface area contributed by atoms with Gasteiger partial charge in [0.15, 0.2) is 11.6 Å². The van der Waals surface area contributed by atoms with E-state index in [1.54, 1.807) is 6.92 Å². The second kappa shape index (κ2) is 10.6. The van der Waals surface area contributed by atoms with Gasteiger partial charge in [0.25, 0.3) is 0 Å². The van der Waals surface area contributed by atoms with Crippen molar-refractivity contribution in [1.82, 2.24) is 10.6 Å². The van der Waals surface area contributed by atoms with E-state index in [1.165, 1.54) is 18.2 Å². The average molecular weight is 586 g/mol. The number of halogens is 7. The molecule has 0 bridgehead atoms. The Kier molecular flexibility index (Phi) is 7.49. The molecule has 2 fully saturated rings. The van der Waals surface area contributed by atoms with Crippen molar-refractivity contribution < 1.29 is 45.1 Å². The third-order valence-corrected chi connectivity index (χ3v) is 7.98. The Morgan fingerprint density at radius 2 is 1.73 bits per heavy atom. The van der Waals surface area contributed by atoms with E-state index in [9.17, 15) is 45.1 Å². The molecule has 3 aliphatic rings. The molecule has 220 valence electrons. The molecular weight excluding hydrogens is 559 g/mol. The van der Waals surface area contributed by atoms with Crippen molar-refractivity contribution in [2.75, 3.05) is 4.90 Å². The van der Waals surface area contributed by atoms with Crippen molar-refractivity contribution in [2.24, 2.45) is 17.8 Å². The smallest absolute Gasteiger partial charge is 0.344 e. The van der Waals surface area contributed by atoms with E-state index < -0.39 is 95.7 Å². The summed E-state index contributed by atoms with van der Waals surface area (Å²) in [6.45, 7) is 1.78. The Morgan fingerprint density at radius 3 is 2.34 bits per heavy atom. The molecule has 6 nitrogen and oxygen atoms in total. The molecule has 2 N–H and O–H groups in total. The first-order valence-electron chi connectivity index (χ1n) is 13.2. The van der Waals surface area contributed by atoms with Crippen LogP contribution in [0.25, 0.3) is 0 Å². The minimum atomic E-state index is -4.60. The van der Waals surface area contributed by atoms with Gasteiger partial charge in [0.1, 0.15) is 23.7 Å². The molecule has 2 saturated carbocycles. The molecule has 4 unspecified atom stereocenters. The van der Waals surface area contributed by atoms with E-state index in [0.29, 0.717) is 12.5 Å². The zero-order chi connectivity index (χ0) is 29.8. The third kappa shape index (κ3) is 5.76. The number of nitrogens with one attached hydrogen (secondary N) is 2. The molecule has 2 aliphatic carbocycles. The van der Waals surface area contributed by atoms with E-state index in [1.807, 2.05) is 0 Å². The number of hydrogen-bond donors (Lipinski definition) is 2. The number of alkyl halides is 3. The van der Waals surface area contributed by atoms with Crippen LogP contribution in [0.15, 0.2) is 30.3 Å². The van der Waals surface area contributed by atoms with Gasteiger partial charge in [-0.25, -0.2) is 17.6 Å². The Bertz CT molecular complexity index is 1400. The molecule has 0 spiro atoms. The van der Waals surface area contributed by atoms with E-state index in [0.717, 1.165) is 11.0 Å². The molecule has 41 heavy (non-hydrogen) atoms. The van der Waals surface area contributed by atoms with Crippen LogP contribution in [0.1, 0.15) is 37.3 Å². The van der Waals surface area contributed by atoms with Crippen LogP contribution in [0.3, 0.4) is 0 Å². The van der Waals surface area contributed by atoms with Gasteiger partial charge in [0, 0.05) is 24.1 Å². The lowest BCUT2D eigenvalue weighted by molar-refractivity contribution is -0.155. The zero-order valence-corrected chi connectivity index (χ0v) is 21.7. The van der Waals surface area contributed by atoms with Gasteiger partial charge in [-0.3, -0.25) is 14.4 Å². The average Bonchev–Trinajstić information content (AvgIpc) is 3.82. The highest BCUT2D eigenvalue weighted by atomic mass is 19.4. The maximum atomic E-state index is 14.9. The quantitative estimate of drug-likeness (QED) is 0.375. The lowest BCUT2D eigenvalue weighted by atomic mass is 10.0. The summed E-state index contributed by atoms with van der Waals surface area (Å²) in [6, 6.07) is 2.20. The molecule has 13 heteroatoms. The summed E-state index contributed by atoms with van der Waals surface area (Å²) < 4.78 is 97.2. The normalized spacial score (nSPS) is 26.1. The summed E-state index contributed by atoms with van der Waals surface area (Å²) in [5.41, 5.74) is -0.762. The lowest BCUT2D eigenvalue weighted by Gasteiger charge is -2.28. The highest BCUT2D eigenvalue weighted by Crippen LogP contribution is 2.50. The fraction of sp³-hybridized carbons (Fsp3) is 0.464. The Labute approximate surface area is 230 Å². The molecule has 0 radical (unpaired) electrons. The largest absolute Gasteiger partial charge is 0.392 e. The maximum absolute atomic E-state index is 14.9. The van der Waals surface area contributed by atoms with Crippen LogP contribution in [0.5, 0.6) is 0 Å². The highest BCUT2D eigenvalue weighted by Gasteiger charge is 2.59. The fourth-order valence-corrected chi connectivity index (χ4v) is 5.43. The summed E-state index contributed by atoms with van der Waals surface area (Å²) in [6.07, 6.45) is -5.60. The first-order chi connectivity index (χ1) is 19.3. The number of hydrogen-bond acceptors (Lipinski definition) is 3. The van der Waals surface area contributed by atoms with Gasteiger partial charge in [-0.05, 0) is 43.2 Å². The van der Waals surface area contributed by atoms with E-state index in [4.69, 9.17) is 0 Å². The third-order valence-electron chi connectivity index (χ3n) is 7.98. The van der Waals surface area contributed by atoms with E-state index in [-0.39, 0.29) is 29.9 Å². The van der Waals surface area contributed by atoms with Crippen LogP contribution in [-0.2, 0) is 27.2 Å². The number of anilines is 1. The maximum Gasteiger partial charge on any atom is 0.392 e. The van der Waals surface area contributed by atoms with Crippen LogP contribution in [0.4, 0.5) is 36.4 Å². The first-order valence-corrected chi connectivity index (χ1v) is 13.2. The van der Waals surface area contributed by atoms with Gasteiger partial charge >= 0.3 is 6.18 Å². The molecular formula is C28H26F7N3O3. The van der Waals surface area contributed by atoms with Gasteiger partial charge in [0.05, 0.1) is 17.5 Å². The van der Waals surface area contributed by atoms with E-state index in [2.05, 4.69) is 10.6 Å². The highest BCUT2D eigenvalue weighted by molar-refractivity contribution is 6.02. The molecule has 1 aliphatic heterocycles. The standard InChI is InChI=1S/C28H26F7N3O3/c1-12-8-22(12)38-24-14(23(32)18(30)11-19(24)31)6-7-20(27(38)41)36-26(40)21(9-13-4-2-3-5-17(13)29)37-25(39)15-10-16(15)28(33,34)35/h2-5,11-12,15-16,20-22H,6-10H2,1H3,(H,36,40)(H,37,39)/t12?,15?,16?,20-,21-,22?/m1/s1. The van der Waals surface area contributed by atoms with Crippen molar-refractivity contribution >= 4 is 23.4 Å². The van der Waals surface area contributed by atoms with Gasteiger partial charge in [0.2, 0.25) is 17.7 Å². The molecule has 2 aromatic carbocycles. The molecule has 2 aromatic rings. The van der Waals surface area contributed by atoms with Gasteiger partial charge in [-0.15, -0.1) is 0 Å². The summed E-state index contributed by atoms with van der Waals surface area (Å²) in [5.74, 6) is -10.8. The van der Waals surface area contributed by atoms with Gasteiger partial charge in [-0.1, -0.05) is 25.1 Å². The van der Waals surface area contributed by atoms with Crippen LogP contribution in [0.2, 0.25) is 0 Å². The van der Waals surface area contributed by atoms with Crippen molar-refractivity contribution in [3.63, 3.8) is 0 Å². The second-order valence-corrected chi connectivity index (χ2v) is 10.9. The number of rotatable bonds is 7. The molecule has 0 saturated heterocycles. The van der Waals surface area contributed by atoms with Crippen molar-refractivity contribution in [1.29, 1.82) is 0 Å². The Morgan fingerprint density at radius 1 is 1.05 bits per heavy atom. The minimum Gasteiger partial charge on any atom is -0.344 e. The lowest BCUT2D eigenvalue weighted by Crippen LogP contribution is -2.55. The first kappa shape index (κ1) is 28.9. The van der Waals surface area contributed by atoms with Crippen LogP contribution < -0.4 is 15.5 Å². The zero-order valence-electron chi connectivity index (χ0n) is 21.7. The van der Waals surface area contributed by atoms with Gasteiger partial charge < -0.3 is 15.5 Å². The summed E-state index contributed by atoms with van der Waals surface area (Å²) in [7, 11) is 0. The van der Waals surface area contributed by atoms with Crippen LogP contribution in [0, 0.1) is 41.0 Å². The molecule has 6 atom stereocenters. The monoisotopic (exact) mass is 585 g/mol. The number of fused-ring (bicyclic) bond motifs is 1. The number of amides is 3. The number of carbonyl (C=O) groups is 3. The van der Waals surface area contributed by atoms with Crippen LogP contribution >= 0.6 is 0 Å². The topological polar surface area (TPSA) is 78.5 Å². The summed E-state index contributed by atoms with van der Waals surface area (Å²) in [4.78, 5) is 40.7. The molecule has 0 aromatic heterocycles. The van der Waals surface area contributed by atoms with E-state index >= 15 is 0 Å². The Hall–Kier alpha value is -3.64. The SMILES string of the molecule is CC1CC1N1C(=O)[C@H](NC(=O)[C@@H](Cc2ccccc2F)NC(=O)C2CC2C(F)(F)F)CCc2c(F)c(F)cc(F)c21. The molecule has 1 heterocycles. The number of carbonyl (C=O) groups excluding carboxylic acids is 3. The molecule has 5 rings (SSSR count). The summed E-state index contributed by atoms with van der Waals surface area (Å²) in [5, 5.41) is 4.70. The second-order valence-electron chi connectivity index (χ2n) is 10.9. The van der Waals surface area contributed by atoms with Crippen molar-refractivity contribution in [3.8, 4) is 0 Å². The Balaban J connectivity index is 1.40. The minimum absolute atomic E-state index is 0.0104. The fourth-order valence-electron chi connectivity index (χ4n) is 5.43. The van der Waals surface area contributed by atoms with Crippen molar-refractivity contribution in [2.45, 2.75) is 63.3 Å². The predicted octanol–water partition coefficient (Wildman–Crippen LogP) is 4.34. The molecule has 3 amide bonds.